The Balaban J connectivity index is 2.09. The number of hydrogen-bond acceptors (Lipinski definition) is 3. The van der Waals surface area contributed by atoms with Crippen LogP contribution in [-0.4, -0.2) is 17.8 Å². The highest BCUT2D eigenvalue weighted by molar-refractivity contribution is 6.45. The van der Waals surface area contributed by atoms with Crippen molar-refractivity contribution in [1.29, 1.82) is 0 Å². The molecular formula is C13H9Cl3N2O3. The summed E-state index contributed by atoms with van der Waals surface area (Å²) in [6, 6.07) is 1.86. The second-order valence-electron chi connectivity index (χ2n) is 5.05. The van der Waals surface area contributed by atoms with E-state index in [9.17, 15) is 14.4 Å². The summed E-state index contributed by atoms with van der Waals surface area (Å²) in [5.74, 6) is -1.11. The number of hydrogen-bond donors (Lipinski definition) is 1. The first-order valence-corrected chi connectivity index (χ1v) is 7.35. The second-order valence-corrected chi connectivity index (χ2v) is 6.27. The van der Waals surface area contributed by atoms with Crippen molar-refractivity contribution >= 4 is 58.3 Å². The zero-order valence-electron chi connectivity index (χ0n) is 10.6. The Morgan fingerprint density at radius 1 is 1.00 bits per heavy atom. The molecule has 3 rings (SSSR count). The van der Waals surface area contributed by atoms with Crippen LogP contribution in [0.2, 0.25) is 15.1 Å². The number of anilines is 1. The van der Waals surface area contributed by atoms with Gasteiger partial charge < -0.3 is 0 Å². The molecule has 110 valence electrons. The Bertz CT molecular complexity index is 685. The maximum Gasteiger partial charge on any atom is 0.335 e. The van der Waals surface area contributed by atoms with Gasteiger partial charge in [0, 0.05) is 0 Å². The van der Waals surface area contributed by atoms with E-state index in [4.69, 9.17) is 34.8 Å². The molecule has 1 heterocycles. The van der Waals surface area contributed by atoms with Gasteiger partial charge in [0.2, 0.25) is 5.91 Å². The molecule has 0 atom stereocenters. The normalized spacial score (nSPS) is 20.5. The first-order chi connectivity index (χ1) is 9.86. The van der Waals surface area contributed by atoms with Gasteiger partial charge in [0.1, 0.15) is 5.41 Å². The number of nitrogens with zero attached hydrogens (tertiary/aromatic N) is 1. The van der Waals surface area contributed by atoms with Crippen LogP contribution >= 0.6 is 34.8 Å². The molecule has 1 aromatic carbocycles. The van der Waals surface area contributed by atoms with Crippen molar-refractivity contribution in [3.63, 3.8) is 0 Å². The van der Waals surface area contributed by atoms with Crippen LogP contribution in [0.1, 0.15) is 19.3 Å². The number of carbonyl (C=O) groups excluding carboxylic acids is 3. The van der Waals surface area contributed by atoms with Crippen molar-refractivity contribution in [3.8, 4) is 0 Å². The zero-order valence-corrected chi connectivity index (χ0v) is 12.8. The fourth-order valence-electron chi connectivity index (χ4n) is 2.55. The number of nitrogens with one attached hydrogen (secondary N) is 1. The highest BCUT2D eigenvalue weighted by Crippen LogP contribution is 2.46. The molecule has 1 saturated heterocycles. The van der Waals surface area contributed by atoms with Gasteiger partial charge in [-0.25, -0.2) is 9.69 Å². The minimum absolute atomic E-state index is 0.108. The molecule has 0 bridgehead atoms. The van der Waals surface area contributed by atoms with E-state index in [2.05, 4.69) is 5.32 Å². The third-order valence-electron chi connectivity index (χ3n) is 3.91. The van der Waals surface area contributed by atoms with Crippen molar-refractivity contribution in [2.24, 2.45) is 5.41 Å². The van der Waals surface area contributed by atoms with Gasteiger partial charge in [0.25, 0.3) is 5.91 Å². The van der Waals surface area contributed by atoms with Gasteiger partial charge in [0.15, 0.2) is 0 Å². The van der Waals surface area contributed by atoms with Gasteiger partial charge >= 0.3 is 6.03 Å². The Morgan fingerprint density at radius 2 is 1.62 bits per heavy atom. The topological polar surface area (TPSA) is 66.5 Å². The molecule has 2 fully saturated rings. The Morgan fingerprint density at radius 3 is 2.19 bits per heavy atom. The minimum atomic E-state index is -1.16. The summed E-state index contributed by atoms with van der Waals surface area (Å²) in [4.78, 5) is 37.4. The molecule has 4 amide bonds. The van der Waals surface area contributed by atoms with Crippen LogP contribution < -0.4 is 10.2 Å². The fourth-order valence-corrected chi connectivity index (χ4v) is 3.18. The summed E-state index contributed by atoms with van der Waals surface area (Å²) in [5, 5.41) is 2.69. The number of barbiturate groups is 1. The number of imide groups is 2. The molecule has 8 heteroatoms. The van der Waals surface area contributed by atoms with Gasteiger partial charge in [-0.05, 0) is 25.0 Å². The van der Waals surface area contributed by atoms with Crippen LogP contribution in [0.25, 0.3) is 0 Å². The van der Waals surface area contributed by atoms with Crippen LogP contribution in [0.3, 0.4) is 0 Å². The molecule has 21 heavy (non-hydrogen) atoms. The van der Waals surface area contributed by atoms with E-state index in [-0.39, 0.29) is 20.8 Å². The number of halogens is 3. The first kappa shape index (κ1) is 14.6. The fraction of sp³-hybridized carbons (Fsp3) is 0.308. The average molecular weight is 348 g/mol. The van der Waals surface area contributed by atoms with Gasteiger partial charge in [0.05, 0.1) is 20.8 Å². The van der Waals surface area contributed by atoms with Crippen LogP contribution in [0.4, 0.5) is 10.5 Å². The SMILES string of the molecule is O=C1NC(=O)C2(CCC2)C(=O)N1c1cc(Cl)c(Cl)cc1Cl. The predicted octanol–water partition coefficient (Wildman–Crippen LogP) is 3.40. The van der Waals surface area contributed by atoms with E-state index in [0.717, 1.165) is 11.3 Å². The minimum Gasteiger partial charge on any atom is -0.276 e. The van der Waals surface area contributed by atoms with E-state index in [1.54, 1.807) is 0 Å². The quantitative estimate of drug-likeness (QED) is 0.625. The summed E-state index contributed by atoms with van der Waals surface area (Å²) in [5.41, 5.74) is -1.05. The van der Waals surface area contributed by atoms with Crippen LogP contribution in [-0.2, 0) is 9.59 Å². The smallest absolute Gasteiger partial charge is 0.276 e. The van der Waals surface area contributed by atoms with Crippen LogP contribution in [0.5, 0.6) is 0 Å². The molecule has 1 aromatic rings. The summed E-state index contributed by atoms with van der Waals surface area (Å²) in [6.07, 6.45) is 1.59. The number of rotatable bonds is 1. The third-order valence-corrected chi connectivity index (χ3v) is 4.93. The number of urea groups is 1. The Kier molecular flexibility index (Phi) is 3.39. The molecule has 2 aliphatic rings. The van der Waals surface area contributed by atoms with Gasteiger partial charge in [-0.3, -0.25) is 14.9 Å². The number of carbonyl (C=O) groups is 3. The largest absolute Gasteiger partial charge is 0.335 e. The maximum atomic E-state index is 12.6. The highest BCUT2D eigenvalue weighted by Gasteiger charge is 2.57. The molecule has 0 unspecified atom stereocenters. The molecule has 1 saturated carbocycles. The van der Waals surface area contributed by atoms with Crippen molar-refractivity contribution in [2.45, 2.75) is 19.3 Å². The molecule has 5 nitrogen and oxygen atoms in total. The van der Waals surface area contributed by atoms with Crippen LogP contribution in [0, 0.1) is 5.41 Å². The van der Waals surface area contributed by atoms with Crippen LogP contribution in [0.15, 0.2) is 12.1 Å². The zero-order chi connectivity index (χ0) is 15.4. The lowest BCUT2D eigenvalue weighted by atomic mass is 9.66. The van der Waals surface area contributed by atoms with E-state index in [0.29, 0.717) is 12.8 Å². The predicted molar refractivity (Wildman–Crippen MR) is 78.8 cm³/mol. The van der Waals surface area contributed by atoms with Gasteiger partial charge in [-0.2, -0.15) is 0 Å². The Hall–Kier alpha value is -1.30. The molecule has 1 N–H and O–H groups in total. The third kappa shape index (κ3) is 2.03. The first-order valence-electron chi connectivity index (χ1n) is 6.21. The second kappa shape index (κ2) is 4.87. The molecule has 0 aromatic heterocycles. The lowest BCUT2D eigenvalue weighted by Crippen LogP contribution is -2.66. The molecule has 1 aliphatic carbocycles. The van der Waals surface area contributed by atoms with Gasteiger partial charge in [-0.1, -0.05) is 41.2 Å². The summed E-state index contributed by atoms with van der Waals surface area (Å²) in [7, 11) is 0. The summed E-state index contributed by atoms with van der Waals surface area (Å²) >= 11 is 17.8. The lowest BCUT2D eigenvalue weighted by Gasteiger charge is -2.44. The van der Waals surface area contributed by atoms with E-state index >= 15 is 0 Å². The lowest BCUT2D eigenvalue weighted by molar-refractivity contribution is -0.148. The number of amides is 4. The Labute approximate surface area is 135 Å². The van der Waals surface area contributed by atoms with Crippen molar-refractivity contribution in [1.82, 2.24) is 5.32 Å². The summed E-state index contributed by atoms with van der Waals surface area (Å²) in [6.45, 7) is 0. The number of benzene rings is 1. The monoisotopic (exact) mass is 346 g/mol. The molecule has 0 radical (unpaired) electrons. The van der Waals surface area contributed by atoms with Crippen molar-refractivity contribution in [3.05, 3.63) is 27.2 Å². The standard InChI is InChI=1S/C13H9Cl3N2O3/c14-6-4-8(16)9(5-7(6)15)18-11(20)13(2-1-3-13)10(19)17-12(18)21/h4-5H,1-3H2,(H,17,19,21). The average Bonchev–Trinajstić information content (AvgIpc) is 2.33. The molecular weight excluding hydrogens is 339 g/mol. The maximum absolute atomic E-state index is 12.6. The van der Waals surface area contributed by atoms with Gasteiger partial charge in [-0.15, -0.1) is 0 Å². The molecule has 1 spiro atoms. The summed E-state index contributed by atoms with van der Waals surface area (Å²) < 4.78 is 0. The van der Waals surface area contributed by atoms with Crippen molar-refractivity contribution < 1.29 is 14.4 Å². The molecule has 1 aliphatic heterocycles. The van der Waals surface area contributed by atoms with E-state index < -0.39 is 23.3 Å². The van der Waals surface area contributed by atoms with Crippen molar-refractivity contribution in [2.75, 3.05) is 4.90 Å². The highest BCUT2D eigenvalue weighted by atomic mass is 35.5. The van der Waals surface area contributed by atoms with E-state index in [1.165, 1.54) is 12.1 Å². The van der Waals surface area contributed by atoms with E-state index in [1.807, 2.05) is 0 Å².